The summed E-state index contributed by atoms with van der Waals surface area (Å²) in [5.41, 5.74) is 0.653. The van der Waals surface area contributed by atoms with Gasteiger partial charge in [0.1, 0.15) is 5.82 Å². The van der Waals surface area contributed by atoms with Crippen LogP contribution in [0.4, 0.5) is 4.39 Å². The third kappa shape index (κ3) is 4.07. The van der Waals surface area contributed by atoms with E-state index in [-0.39, 0.29) is 23.2 Å². The molecule has 1 fully saturated rings. The molecule has 1 aromatic rings. The van der Waals surface area contributed by atoms with Crippen LogP contribution >= 0.6 is 0 Å². The third-order valence-electron chi connectivity index (χ3n) is 3.19. The van der Waals surface area contributed by atoms with Crippen LogP contribution in [0.25, 0.3) is 0 Å². The highest BCUT2D eigenvalue weighted by molar-refractivity contribution is 7.90. The summed E-state index contributed by atoms with van der Waals surface area (Å²) in [5, 5.41) is 3.21. The van der Waals surface area contributed by atoms with E-state index in [0.717, 1.165) is 25.9 Å². The maximum atomic E-state index is 12.7. The monoisotopic (exact) mass is 271 g/mol. The summed E-state index contributed by atoms with van der Waals surface area (Å²) in [4.78, 5) is 0. The normalized spacial score (nSPS) is 20.8. The van der Waals surface area contributed by atoms with Crippen molar-refractivity contribution in [2.24, 2.45) is 5.92 Å². The highest BCUT2D eigenvalue weighted by atomic mass is 32.2. The number of nitrogens with one attached hydrogen (secondary N) is 1. The second-order valence-electron chi connectivity index (χ2n) is 4.89. The Labute approximate surface area is 107 Å². The van der Waals surface area contributed by atoms with Gasteiger partial charge in [0, 0.05) is 0 Å². The fourth-order valence-corrected chi connectivity index (χ4v) is 4.14. The molecule has 1 aliphatic heterocycles. The molecule has 5 heteroatoms. The Bertz CT molecular complexity index is 478. The summed E-state index contributed by atoms with van der Waals surface area (Å²) in [6, 6.07) is 5.66. The van der Waals surface area contributed by atoms with Gasteiger partial charge in [-0.1, -0.05) is 12.1 Å². The van der Waals surface area contributed by atoms with Gasteiger partial charge in [0.2, 0.25) is 0 Å². The zero-order valence-corrected chi connectivity index (χ0v) is 11.0. The van der Waals surface area contributed by atoms with Crippen molar-refractivity contribution in [3.8, 4) is 0 Å². The Hall–Kier alpha value is -0.940. The summed E-state index contributed by atoms with van der Waals surface area (Å²) in [5.74, 6) is 0.0954. The molecule has 0 saturated carbocycles. The van der Waals surface area contributed by atoms with Crippen molar-refractivity contribution < 1.29 is 12.8 Å². The van der Waals surface area contributed by atoms with Crippen molar-refractivity contribution in [2.45, 2.75) is 18.6 Å². The molecule has 3 nitrogen and oxygen atoms in total. The number of sulfone groups is 1. The minimum atomic E-state index is -3.11. The predicted molar refractivity (Wildman–Crippen MR) is 69.5 cm³/mol. The van der Waals surface area contributed by atoms with E-state index in [9.17, 15) is 12.8 Å². The lowest BCUT2D eigenvalue weighted by atomic mass is 10.0. The smallest absolute Gasteiger partial charge is 0.154 e. The van der Waals surface area contributed by atoms with Gasteiger partial charge in [-0.15, -0.1) is 0 Å². The lowest BCUT2D eigenvalue weighted by Gasteiger charge is -2.22. The molecule has 0 spiro atoms. The van der Waals surface area contributed by atoms with Gasteiger partial charge in [0.05, 0.1) is 11.5 Å². The molecule has 2 rings (SSSR count). The van der Waals surface area contributed by atoms with Crippen LogP contribution in [0.5, 0.6) is 0 Å². The van der Waals surface area contributed by atoms with E-state index in [1.165, 1.54) is 24.3 Å². The van der Waals surface area contributed by atoms with E-state index in [1.54, 1.807) is 0 Å². The van der Waals surface area contributed by atoms with Crippen LogP contribution in [0, 0.1) is 11.7 Å². The summed E-state index contributed by atoms with van der Waals surface area (Å²) in [7, 11) is -3.11. The first-order valence-electron chi connectivity index (χ1n) is 6.21. The molecule has 1 aliphatic rings. The predicted octanol–water partition coefficient (Wildman–Crippen LogP) is 1.74. The maximum Gasteiger partial charge on any atom is 0.154 e. The number of benzene rings is 1. The van der Waals surface area contributed by atoms with Crippen LogP contribution in [0.15, 0.2) is 24.3 Å². The fourth-order valence-electron chi connectivity index (χ4n) is 2.32. The number of hydrogen-bond donors (Lipinski definition) is 1. The molecule has 1 N–H and O–H groups in total. The molecular formula is C13H18FNO2S. The lowest BCUT2D eigenvalue weighted by Crippen LogP contribution is -2.34. The summed E-state index contributed by atoms with van der Waals surface area (Å²) in [6.07, 6.45) is 2.01. The first-order valence-corrected chi connectivity index (χ1v) is 8.03. The van der Waals surface area contributed by atoms with Crippen LogP contribution < -0.4 is 5.32 Å². The highest BCUT2D eigenvalue weighted by Crippen LogP contribution is 2.16. The van der Waals surface area contributed by atoms with E-state index >= 15 is 0 Å². The Morgan fingerprint density at radius 1 is 1.28 bits per heavy atom. The van der Waals surface area contributed by atoms with Gasteiger partial charge in [0.25, 0.3) is 0 Å². The molecule has 1 heterocycles. The van der Waals surface area contributed by atoms with Crippen molar-refractivity contribution in [3.63, 3.8) is 0 Å². The largest absolute Gasteiger partial charge is 0.316 e. The first kappa shape index (κ1) is 13.5. The molecule has 100 valence electrons. The van der Waals surface area contributed by atoms with Gasteiger partial charge in [-0.05, 0) is 49.5 Å². The van der Waals surface area contributed by atoms with Crippen LogP contribution in [-0.2, 0) is 15.6 Å². The maximum absolute atomic E-state index is 12.7. The quantitative estimate of drug-likeness (QED) is 0.907. The SMILES string of the molecule is O=S(=O)(Cc1ccc(F)cc1)CC1CCCNC1. The zero-order chi connectivity index (χ0) is 13.0. The minimum absolute atomic E-state index is 0.00375. The average molecular weight is 271 g/mol. The van der Waals surface area contributed by atoms with Gasteiger partial charge in [-0.25, -0.2) is 12.8 Å². The molecule has 1 aromatic carbocycles. The number of hydrogen-bond acceptors (Lipinski definition) is 3. The molecule has 1 unspecified atom stereocenters. The van der Waals surface area contributed by atoms with E-state index in [2.05, 4.69) is 5.32 Å². The van der Waals surface area contributed by atoms with Crippen molar-refractivity contribution >= 4 is 9.84 Å². The molecule has 0 bridgehead atoms. The Morgan fingerprint density at radius 3 is 2.61 bits per heavy atom. The minimum Gasteiger partial charge on any atom is -0.316 e. The molecule has 0 radical (unpaired) electrons. The highest BCUT2D eigenvalue weighted by Gasteiger charge is 2.21. The second-order valence-corrected chi connectivity index (χ2v) is 7.00. The van der Waals surface area contributed by atoms with Crippen molar-refractivity contribution in [1.82, 2.24) is 5.32 Å². The van der Waals surface area contributed by atoms with Crippen LogP contribution in [0.1, 0.15) is 18.4 Å². The van der Waals surface area contributed by atoms with Gasteiger partial charge >= 0.3 is 0 Å². The van der Waals surface area contributed by atoms with Crippen molar-refractivity contribution in [1.29, 1.82) is 0 Å². The zero-order valence-electron chi connectivity index (χ0n) is 10.2. The van der Waals surface area contributed by atoms with E-state index in [0.29, 0.717) is 5.56 Å². The molecule has 0 aromatic heterocycles. The van der Waals surface area contributed by atoms with Crippen molar-refractivity contribution in [2.75, 3.05) is 18.8 Å². The topological polar surface area (TPSA) is 46.2 Å². The molecule has 18 heavy (non-hydrogen) atoms. The molecule has 1 atom stereocenters. The van der Waals surface area contributed by atoms with Gasteiger partial charge in [-0.3, -0.25) is 0 Å². The van der Waals surface area contributed by atoms with Crippen LogP contribution in [0.2, 0.25) is 0 Å². The number of halogens is 1. The van der Waals surface area contributed by atoms with E-state index in [4.69, 9.17) is 0 Å². The standard InChI is InChI=1S/C13H18FNO2S/c14-13-5-3-11(4-6-13)9-18(16,17)10-12-2-1-7-15-8-12/h3-6,12,15H,1-2,7-10H2. The second kappa shape index (κ2) is 5.80. The summed E-state index contributed by atoms with van der Waals surface area (Å²) >= 11 is 0. The molecule has 0 amide bonds. The molecule has 1 saturated heterocycles. The van der Waals surface area contributed by atoms with Crippen LogP contribution in [-0.4, -0.2) is 27.3 Å². The third-order valence-corrected chi connectivity index (χ3v) is 4.94. The van der Waals surface area contributed by atoms with Gasteiger partial charge < -0.3 is 5.32 Å². The lowest BCUT2D eigenvalue weighted by molar-refractivity contribution is 0.404. The molecular weight excluding hydrogens is 253 g/mol. The van der Waals surface area contributed by atoms with Gasteiger partial charge in [0.15, 0.2) is 9.84 Å². The number of rotatable bonds is 4. The Kier molecular flexibility index (Phi) is 4.35. The van der Waals surface area contributed by atoms with Crippen molar-refractivity contribution in [3.05, 3.63) is 35.6 Å². The van der Waals surface area contributed by atoms with E-state index < -0.39 is 9.84 Å². The Balaban J connectivity index is 1.96. The number of piperidine rings is 1. The van der Waals surface area contributed by atoms with Crippen LogP contribution in [0.3, 0.4) is 0 Å². The first-order chi connectivity index (χ1) is 8.55. The molecule has 0 aliphatic carbocycles. The average Bonchev–Trinajstić information content (AvgIpc) is 2.32. The summed E-state index contributed by atoms with van der Waals surface area (Å²) < 4.78 is 36.8. The summed E-state index contributed by atoms with van der Waals surface area (Å²) in [6.45, 7) is 1.76. The Morgan fingerprint density at radius 2 is 2.00 bits per heavy atom. The fraction of sp³-hybridized carbons (Fsp3) is 0.538. The van der Waals surface area contributed by atoms with Gasteiger partial charge in [-0.2, -0.15) is 0 Å². The van der Waals surface area contributed by atoms with E-state index in [1.807, 2.05) is 0 Å².